The predicted octanol–water partition coefficient (Wildman–Crippen LogP) is 3.36. The molecule has 7 heteroatoms. The van der Waals surface area contributed by atoms with E-state index in [1.54, 1.807) is 0 Å². The first-order valence-corrected chi connectivity index (χ1v) is 13.0. The molecule has 2 aromatic carbocycles. The molecule has 0 amide bonds. The van der Waals surface area contributed by atoms with Crippen molar-refractivity contribution in [3.8, 4) is 0 Å². The molecule has 4 aliphatic rings. The van der Waals surface area contributed by atoms with Crippen LogP contribution in [0.15, 0.2) is 48.5 Å². The summed E-state index contributed by atoms with van der Waals surface area (Å²) in [5.41, 5.74) is 3.92. The molecular formula is C25H31ClN2O3S. The Balaban J connectivity index is 0.00000216. The van der Waals surface area contributed by atoms with Gasteiger partial charge in [-0.25, -0.2) is 8.42 Å². The number of benzene rings is 2. The number of halogens is 1. The number of nitrogens with zero attached hydrogens (tertiary/aromatic N) is 1. The van der Waals surface area contributed by atoms with Crippen molar-refractivity contribution in [2.45, 2.75) is 48.9 Å². The van der Waals surface area contributed by atoms with Crippen LogP contribution in [0.25, 0.3) is 0 Å². The lowest BCUT2D eigenvalue weighted by molar-refractivity contribution is 0.0142. The van der Waals surface area contributed by atoms with E-state index >= 15 is 0 Å². The van der Waals surface area contributed by atoms with Gasteiger partial charge in [0, 0.05) is 43.6 Å². The van der Waals surface area contributed by atoms with Crippen LogP contribution in [-0.2, 0) is 28.3 Å². The van der Waals surface area contributed by atoms with E-state index in [1.807, 2.05) is 18.2 Å². The first-order chi connectivity index (χ1) is 14.8. The average molecular weight is 475 g/mol. The summed E-state index contributed by atoms with van der Waals surface area (Å²) < 4.78 is 27.4. The topological polar surface area (TPSA) is 69.6 Å². The SMILES string of the molecule is CC1(c2cccc(NS(=O)(=O)C3CC3)c2)C2CN(CC3(O)Cc4ccccc4C3)CC21.Cl. The third-order valence-corrected chi connectivity index (χ3v) is 10.1. The van der Waals surface area contributed by atoms with Crippen LogP contribution in [0.1, 0.15) is 36.5 Å². The Morgan fingerprint density at radius 3 is 2.25 bits per heavy atom. The van der Waals surface area contributed by atoms with Gasteiger partial charge in [0.05, 0.1) is 10.9 Å². The Labute approximate surface area is 196 Å². The minimum atomic E-state index is -3.24. The normalized spacial score (nSPS) is 30.3. The van der Waals surface area contributed by atoms with Gasteiger partial charge in [0.15, 0.2) is 0 Å². The zero-order valence-electron chi connectivity index (χ0n) is 18.3. The molecule has 1 heterocycles. The maximum Gasteiger partial charge on any atom is 0.235 e. The highest BCUT2D eigenvalue weighted by molar-refractivity contribution is 7.93. The number of hydrogen-bond acceptors (Lipinski definition) is 4. The van der Waals surface area contributed by atoms with E-state index in [1.165, 1.54) is 16.7 Å². The lowest BCUT2D eigenvalue weighted by atomic mass is 9.91. The molecule has 2 atom stereocenters. The fourth-order valence-corrected chi connectivity index (χ4v) is 7.64. The van der Waals surface area contributed by atoms with Gasteiger partial charge < -0.3 is 5.11 Å². The van der Waals surface area contributed by atoms with Crippen molar-refractivity contribution in [2.75, 3.05) is 24.4 Å². The fourth-order valence-electron chi connectivity index (χ4n) is 6.27. The number of fused-ring (bicyclic) bond motifs is 2. The van der Waals surface area contributed by atoms with E-state index in [0.29, 0.717) is 17.5 Å². The highest BCUT2D eigenvalue weighted by Crippen LogP contribution is 2.63. The van der Waals surface area contributed by atoms with Crippen molar-refractivity contribution >= 4 is 28.1 Å². The van der Waals surface area contributed by atoms with E-state index in [9.17, 15) is 13.5 Å². The largest absolute Gasteiger partial charge is 0.388 e. The summed E-state index contributed by atoms with van der Waals surface area (Å²) in [5.74, 6) is 1.13. The van der Waals surface area contributed by atoms with Crippen molar-refractivity contribution in [1.29, 1.82) is 0 Å². The number of sulfonamides is 1. The molecule has 1 saturated heterocycles. The fraction of sp³-hybridized carbons (Fsp3) is 0.520. The van der Waals surface area contributed by atoms with Crippen LogP contribution in [0.4, 0.5) is 5.69 Å². The zero-order chi connectivity index (χ0) is 21.4. The summed E-state index contributed by atoms with van der Waals surface area (Å²) in [4.78, 5) is 2.43. The summed E-state index contributed by atoms with van der Waals surface area (Å²) in [7, 11) is -3.24. The second-order valence-corrected chi connectivity index (χ2v) is 12.4. The van der Waals surface area contributed by atoms with Gasteiger partial charge in [-0.05, 0) is 53.5 Å². The molecular weight excluding hydrogens is 444 g/mol. The molecule has 0 aromatic heterocycles. The molecule has 5 nitrogen and oxygen atoms in total. The van der Waals surface area contributed by atoms with Crippen LogP contribution in [0.3, 0.4) is 0 Å². The Morgan fingerprint density at radius 2 is 1.66 bits per heavy atom. The third kappa shape index (κ3) is 3.65. The Bertz CT molecular complexity index is 1110. The maximum atomic E-state index is 12.3. The van der Waals surface area contributed by atoms with Crippen molar-refractivity contribution in [3.63, 3.8) is 0 Å². The van der Waals surface area contributed by atoms with Crippen LogP contribution in [-0.4, -0.2) is 48.9 Å². The minimum absolute atomic E-state index is 0. The van der Waals surface area contributed by atoms with Crippen LogP contribution in [0.5, 0.6) is 0 Å². The Morgan fingerprint density at radius 1 is 1.03 bits per heavy atom. The molecule has 2 saturated carbocycles. The van der Waals surface area contributed by atoms with E-state index in [4.69, 9.17) is 0 Å². The second-order valence-electron chi connectivity index (χ2n) is 10.5. The lowest BCUT2D eigenvalue weighted by Crippen LogP contribution is -2.44. The van der Waals surface area contributed by atoms with Gasteiger partial charge in [0.2, 0.25) is 10.0 Å². The number of likely N-dealkylation sites (tertiary alicyclic amines) is 1. The maximum absolute atomic E-state index is 12.3. The standard InChI is InChI=1S/C25H30N2O3S.ClH/c1-24(19-7-4-8-20(11-19)26-31(29,30)21-9-10-21)22-14-27(15-23(22)24)16-25(28)12-17-5-2-3-6-18(17)13-25;/h2-8,11,21-23,26,28H,9-10,12-16H2,1H3;1H. The van der Waals surface area contributed by atoms with Crippen molar-refractivity contribution in [2.24, 2.45) is 11.8 Å². The molecule has 1 aliphatic heterocycles. The molecule has 172 valence electrons. The summed E-state index contributed by atoms with van der Waals surface area (Å²) >= 11 is 0. The molecule has 3 aliphatic carbocycles. The number of aliphatic hydroxyl groups is 1. The molecule has 0 radical (unpaired) electrons. The quantitative estimate of drug-likeness (QED) is 0.673. The number of rotatable bonds is 6. The zero-order valence-corrected chi connectivity index (χ0v) is 20.0. The highest BCUT2D eigenvalue weighted by atomic mass is 35.5. The number of nitrogens with one attached hydrogen (secondary N) is 1. The highest BCUT2D eigenvalue weighted by Gasteiger charge is 2.66. The predicted molar refractivity (Wildman–Crippen MR) is 129 cm³/mol. The molecule has 6 rings (SSSR count). The lowest BCUT2D eigenvalue weighted by Gasteiger charge is -2.31. The summed E-state index contributed by atoms with van der Waals surface area (Å²) in [6.07, 6.45) is 3.03. The number of β-amino-alcohol motifs (C(OH)–C–C–N with tert-alkyl or cyclic N) is 1. The van der Waals surface area contributed by atoms with E-state index in [2.05, 4.69) is 46.9 Å². The third-order valence-electron chi connectivity index (χ3n) is 8.21. The van der Waals surface area contributed by atoms with E-state index < -0.39 is 15.6 Å². The Kier molecular flexibility index (Phi) is 5.17. The van der Waals surface area contributed by atoms with Gasteiger partial charge in [0.25, 0.3) is 0 Å². The van der Waals surface area contributed by atoms with Gasteiger partial charge in [0.1, 0.15) is 0 Å². The van der Waals surface area contributed by atoms with Crippen molar-refractivity contribution in [3.05, 3.63) is 65.2 Å². The Hall–Kier alpha value is -1.60. The average Bonchev–Trinajstić information content (AvgIpc) is 3.57. The van der Waals surface area contributed by atoms with E-state index in [-0.39, 0.29) is 23.1 Å². The molecule has 0 bridgehead atoms. The monoisotopic (exact) mass is 474 g/mol. The first-order valence-electron chi connectivity index (χ1n) is 11.4. The van der Waals surface area contributed by atoms with Crippen molar-refractivity contribution in [1.82, 2.24) is 4.90 Å². The molecule has 2 aromatic rings. The van der Waals surface area contributed by atoms with Gasteiger partial charge in [-0.3, -0.25) is 9.62 Å². The smallest absolute Gasteiger partial charge is 0.235 e. The van der Waals surface area contributed by atoms with Crippen molar-refractivity contribution < 1.29 is 13.5 Å². The van der Waals surface area contributed by atoms with E-state index in [0.717, 1.165) is 45.3 Å². The molecule has 32 heavy (non-hydrogen) atoms. The first kappa shape index (κ1) is 22.2. The van der Waals surface area contributed by atoms with Gasteiger partial charge in [-0.15, -0.1) is 12.4 Å². The summed E-state index contributed by atoms with van der Waals surface area (Å²) in [6, 6.07) is 16.4. The van der Waals surface area contributed by atoms with Crippen LogP contribution >= 0.6 is 12.4 Å². The molecule has 3 fully saturated rings. The molecule has 2 unspecified atom stereocenters. The number of anilines is 1. The number of piperidine rings is 1. The van der Waals surface area contributed by atoms with Crippen LogP contribution in [0.2, 0.25) is 0 Å². The molecule has 0 spiro atoms. The molecule has 2 N–H and O–H groups in total. The number of hydrogen-bond donors (Lipinski definition) is 2. The van der Waals surface area contributed by atoms with Crippen LogP contribution < -0.4 is 4.72 Å². The van der Waals surface area contributed by atoms with Gasteiger partial charge >= 0.3 is 0 Å². The van der Waals surface area contributed by atoms with Gasteiger partial charge in [-0.2, -0.15) is 0 Å². The second kappa shape index (κ2) is 7.45. The van der Waals surface area contributed by atoms with Crippen LogP contribution in [0, 0.1) is 11.8 Å². The van der Waals surface area contributed by atoms with Gasteiger partial charge in [-0.1, -0.05) is 43.3 Å². The summed E-state index contributed by atoms with van der Waals surface area (Å²) in [5, 5.41) is 11.0. The minimum Gasteiger partial charge on any atom is -0.388 e. The summed E-state index contributed by atoms with van der Waals surface area (Å²) in [6.45, 7) is 5.04.